The first-order valence-corrected chi connectivity index (χ1v) is 25.4. The normalized spacial score (nSPS) is 19.9. The minimum atomic E-state index is -1.59. The van der Waals surface area contributed by atoms with Crippen molar-refractivity contribution in [2.75, 3.05) is 19.8 Å². The fourth-order valence-electron chi connectivity index (χ4n) is 7.77. The Morgan fingerprint density at radius 1 is 0.492 bits per heavy atom. The molecule has 0 aliphatic carbocycles. The summed E-state index contributed by atoms with van der Waals surface area (Å²) in [7, 11) is 0. The topological polar surface area (TPSA) is 152 Å². The van der Waals surface area contributed by atoms with Crippen LogP contribution in [0.5, 0.6) is 0 Å². The number of allylic oxidation sites excluding steroid dienone is 4. The van der Waals surface area contributed by atoms with Crippen LogP contribution in [-0.4, -0.2) is 89.0 Å². The second-order valence-corrected chi connectivity index (χ2v) is 17.6. The third-order valence-corrected chi connectivity index (χ3v) is 11.8. The fourth-order valence-corrected chi connectivity index (χ4v) is 7.77. The van der Waals surface area contributed by atoms with Gasteiger partial charge in [0.2, 0.25) is 0 Å². The number of carbonyl (C=O) groups is 2. The predicted octanol–water partition coefficient (Wildman–Crippen LogP) is 11.7. The van der Waals surface area contributed by atoms with E-state index in [1.54, 1.807) is 0 Å². The second-order valence-electron chi connectivity index (χ2n) is 17.6. The SMILES string of the molecule is CCCCCCCC/C=C\CCCCCCCC(=O)OCC(COC1OC(CO)C(O)C(O)C1O)OC(=O)CCCCCCCCCCC/C=C\CCCCCCCCCC. The molecule has 1 fully saturated rings. The summed E-state index contributed by atoms with van der Waals surface area (Å²) in [4.78, 5) is 25.4. The van der Waals surface area contributed by atoms with Gasteiger partial charge in [-0.3, -0.25) is 9.59 Å². The van der Waals surface area contributed by atoms with Crippen molar-refractivity contribution < 1.29 is 49.0 Å². The summed E-state index contributed by atoms with van der Waals surface area (Å²) in [6, 6.07) is 0. The van der Waals surface area contributed by atoms with Gasteiger partial charge in [-0.25, -0.2) is 0 Å². The van der Waals surface area contributed by atoms with Crippen molar-refractivity contribution in [1.82, 2.24) is 0 Å². The van der Waals surface area contributed by atoms with Crippen molar-refractivity contribution in [3.63, 3.8) is 0 Å². The third-order valence-electron chi connectivity index (χ3n) is 11.8. The number of unbranched alkanes of at least 4 members (excludes halogenated alkanes) is 28. The van der Waals surface area contributed by atoms with Crippen LogP contribution in [0.1, 0.15) is 232 Å². The number of hydrogen-bond acceptors (Lipinski definition) is 10. The zero-order valence-electron chi connectivity index (χ0n) is 39.2. The van der Waals surface area contributed by atoms with E-state index in [4.69, 9.17) is 18.9 Å². The highest BCUT2D eigenvalue weighted by molar-refractivity contribution is 5.70. The van der Waals surface area contributed by atoms with E-state index in [9.17, 15) is 30.0 Å². The Morgan fingerprint density at radius 3 is 1.28 bits per heavy atom. The van der Waals surface area contributed by atoms with Gasteiger partial charge >= 0.3 is 11.9 Å². The van der Waals surface area contributed by atoms with Crippen molar-refractivity contribution in [3.8, 4) is 0 Å². The van der Waals surface area contributed by atoms with E-state index in [0.29, 0.717) is 6.42 Å². The van der Waals surface area contributed by atoms with Crippen LogP contribution in [0, 0.1) is 0 Å². The lowest BCUT2D eigenvalue weighted by molar-refractivity contribution is -0.305. The smallest absolute Gasteiger partial charge is 0.306 e. The van der Waals surface area contributed by atoms with Crippen LogP contribution in [0.4, 0.5) is 0 Å². The van der Waals surface area contributed by atoms with Gasteiger partial charge in [-0.1, -0.05) is 179 Å². The highest BCUT2D eigenvalue weighted by atomic mass is 16.7. The summed E-state index contributed by atoms with van der Waals surface area (Å²) in [6.45, 7) is 3.43. The van der Waals surface area contributed by atoms with E-state index in [0.717, 1.165) is 57.8 Å². The van der Waals surface area contributed by atoms with Crippen molar-refractivity contribution in [2.45, 2.75) is 269 Å². The number of aliphatic hydroxyl groups excluding tert-OH is 4. The molecule has 0 radical (unpaired) electrons. The summed E-state index contributed by atoms with van der Waals surface area (Å²) < 4.78 is 22.2. The molecule has 0 spiro atoms. The van der Waals surface area contributed by atoms with Gasteiger partial charge < -0.3 is 39.4 Å². The molecular formula is C51H94O10. The molecule has 6 unspecified atom stereocenters. The molecule has 0 aromatic rings. The number of ether oxygens (including phenoxy) is 4. The lowest BCUT2D eigenvalue weighted by atomic mass is 9.99. The highest BCUT2D eigenvalue weighted by Crippen LogP contribution is 2.23. The molecule has 0 aromatic carbocycles. The van der Waals surface area contributed by atoms with E-state index >= 15 is 0 Å². The molecule has 0 aromatic heterocycles. The molecule has 1 saturated heterocycles. The van der Waals surface area contributed by atoms with Gasteiger partial charge in [0.05, 0.1) is 13.2 Å². The van der Waals surface area contributed by atoms with Gasteiger partial charge in [-0.05, 0) is 64.2 Å². The molecule has 10 nitrogen and oxygen atoms in total. The summed E-state index contributed by atoms with van der Waals surface area (Å²) in [5.74, 6) is -0.810. The molecule has 1 aliphatic rings. The van der Waals surface area contributed by atoms with Gasteiger partial charge in [-0.2, -0.15) is 0 Å². The Hall–Kier alpha value is -1.82. The van der Waals surface area contributed by atoms with Crippen LogP contribution in [-0.2, 0) is 28.5 Å². The van der Waals surface area contributed by atoms with Crippen molar-refractivity contribution in [1.29, 1.82) is 0 Å². The van der Waals surface area contributed by atoms with Gasteiger partial charge in [0.25, 0.3) is 0 Å². The largest absolute Gasteiger partial charge is 0.462 e. The van der Waals surface area contributed by atoms with Gasteiger partial charge in [0.15, 0.2) is 12.4 Å². The standard InChI is InChI=1S/C51H94O10/c1-3-5-7-9-11-13-15-17-19-20-21-22-23-24-26-28-30-32-34-36-38-40-47(54)60-44(43-59-51-50(57)49(56)48(55)45(41-52)61-51)42-58-46(53)39-37-35-33-31-29-27-25-18-16-14-12-10-8-6-4-2/h18,20-21,25,44-45,48-52,55-57H,3-17,19,22-24,26-43H2,1-2H3/b21-20-,25-18-. The predicted molar refractivity (Wildman–Crippen MR) is 247 cm³/mol. The monoisotopic (exact) mass is 867 g/mol. The maximum atomic E-state index is 12.8. The van der Waals surface area contributed by atoms with Crippen molar-refractivity contribution >= 4 is 11.9 Å². The fraction of sp³-hybridized carbons (Fsp3) is 0.882. The molecule has 1 aliphatic heterocycles. The molecule has 6 atom stereocenters. The lowest BCUT2D eigenvalue weighted by Gasteiger charge is -2.39. The van der Waals surface area contributed by atoms with Crippen molar-refractivity contribution in [2.24, 2.45) is 0 Å². The summed E-state index contributed by atoms with van der Waals surface area (Å²) in [5.41, 5.74) is 0. The van der Waals surface area contributed by atoms with E-state index in [1.807, 2.05) is 0 Å². The van der Waals surface area contributed by atoms with Crippen LogP contribution in [0.15, 0.2) is 24.3 Å². The molecule has 0 bridgehead atoms. The average molecular weight is 867 g/mol. The van der Waals surface area contributed by atoms with E-state index in [-0.39, 0.29) is 32.0 Å². The Balaban J connectivity index is 2.26. The minimum absolute atomic E-state index is 0.220. The maximum Gasteiger partial charge on any atom is 0.306 e. The highest BCUT2D eigenvalue weighted by Gasteiger charge is 2.44. The summed E-state index contributed by atoms with van der Waals surface area (Å²) in [5, 5.41) is 40.2. The molecule has 1 heterocycles. The Labute approximate surface area is 373 Å². The van der Waals surface area contributed by atoms with Crippen LogP contribution >= 0.6 is 0 Å². The molecular weight excluding hydrogens is 773 g/mol. The van der Waals surface area contributed by atoms with E-state index < -0.39 is 49.4 Å². The second kappa shape index (κ2) is 42.1. The number of hydrogen-bond donors (Lipinski definition) is 4. The van der Waals surface area contributed by atoms with Gasteiger partial charge in [-0.15, -0.1) is 0 Å². The third kappa shape index (κ3) is 33.4. The average Bonchev–Trinajstić information content (AvgIpc) is 3.26. The Morgan fingerprint density at radius 2 is 0.869 bits per heavy atom. The summed E-state index contributed by atoms with van der Waals surface area (Å²) in [6.07, 6.45) is 40.4. The quantitative estimate of drug-likeness (QED) is 0.0265. The van der Waals surface area contributed by atoms with E-state index in [2.05, 4.69) is 38.2 Å². The Bertz CT molecular complexity index is 1050. The molecule has 61 heavy (non-hydrogen) atoms. The number of rotatable bonds is 43. The zero-order valence-corrected chi connectivity index (χ0v) is 39.2. The number of esters is 2. The molecule has 0 amide bonds. The van der Waals surface area contributed by atoms with Crippen LogP contribution in [0.2, 0.25) is 0 Å². The zero-order chi connectivity index (χ0) is 44.4. The lowest BCUT2D eigenvalue weighted by Crippen LogP contribution is -2.59. The van der Waals surface area contributed by atoms with Gasteiger partial charge in [0, 0.05) is 12.8 Å². The van der Waals surface area contributed by atoms with Gasteiger partial charge in [0.1, 0.15) is 31.0 Å². The van der Waals surface area contributed by atoms with Crippen LogP contribution < -0.4 is 0 Å². The number of carbonyl (C=O) groups excluding carboxylic acids is 2. The maximum absolute atomic E-state index is 12.8. The van der Waals surface area contributed by atoms with Crippen molar-refractivity contribution in [3.05, 3.63) is 24.3 Å². The number of aliphatic hydroxyl groups is 4. The molecule has 10 heteroatoms. The molecule has 1 rings (SSSR count). The van der Waals surface area contributed by atoms with Crippen LogP contribution in [0.3, 0.4) is 0 Å². The summed E-state index contributed by atoms with van der Waals surface area (Å²) >= 11 is 0. The molecule has 4 N–H and O–H groups in total. The molecule has 358 valence electrons. The first-order chi connectivity index (χ1) is 29.8. The first-order valence-electron chi connectivity index (χ1n) is 25.4. The van der Waals surface area contributed by atoms with E-state index in [1.165, 1.54) is 141 Å². The first kappa shape index (κ1) is 57.2. The Kier molecular flexibility index (Phi) is 39.5. The van der Waals surface area contributed by atoms with Crippen LogP contribution in [0.25, 0.3) is 0 Å². The molecule has 0 saturated carbocycles. The minimum Gasteiger partial charge on any atom is -0.462 e.